The highest BCUT2D eigenvalue weighted by atomic mass is 16.3. The lowest BCUT2D eigenvalue weighted by Gasteiger charge is -2.25. The molecule has 0 bridgehead atoms. The molecular formula is C10H18O. The predicted octanol–water partition coefficient (Wildman–Crippen LogP) is 2.50. The maximum Gasteiger partial charge on any atom is 0.0602 e. The summed E-state index contributed by atoms with van der Waals surface area (Å²) >= 11 is 0. The van der Waals surface area contributed by atoms with E-state index in [1.54, 1.807) is 0 Å². The van der Waals surface area contributed by atoms with Crippen molar-refractivity contribution in [1.29, 1.82) is 0 Å². The molecule has 1 saturated carbocycles. The molecule has 0 radical (unpaired) electrons. The van der Waals surface area contributed by atoms with E-state index in [0.29, 0.717) is 5.92 Å². The molecule has 0 aliphatic heterocycles. The molecule has 1 fully saturated rings. The number of aliphatic hydroxyl groups excluding tert-OH is 1. The molecule has 11 heavy (non-hydrogen) atoms. The van der Waals surface area contributed by atoms with E-state index in [9.17, 15) is 5.11 Å². The van der Waals surface area contributed by atoms with Crippen LogP contribution in [0.1, 0.15) is 38.5 Å². The second kappa shape index (κ2) is 4.55. The predicted molar refractivity (Wildman–Crippen MR) is 47.4 cm³/mol. The van der Waals surface area contributed by atoms with Gasteiger partial charge in [-0.05, 0) is 25.2 Å². The van der Waals surface area contributed by atoms with E-state index in [0.717, 1.165) is 6.42 Å². The van der Waals surface area contributed by atoms with Crippen LogP contribution in [-0.2, 0) is 0 Å². The first kappa shape index (κ1) is 8.79. The first-order valence-corrected chi connectivity index (χ1v) is 4.63. The average Bonchev–Trinajstić information content (AvgIpc) is 2.07. The lowest BCUT2D eigenvalue weighted by Crippen LogP contribution is -2.21. The first-order valence-electron chi connectivity index (χ1n) is 4.63. The van der Waals surface area contributed by atoms with Gasteiger partial charge in [-0.3, -0.25) is 0 Å². The molecule has 1 rings (SSSR count). The SMILES string of the molecule is C=CCC(O)C1CCCCC1. The Morgan fingerprint density at radius 1 is 1.36 bits per heavy atom. The number of hydrogen-bond acceptors (Lipinski definition) is 1. The van der Waals surface area contributed by atoms with Crippen molar-refractivity contribution in [3.8, 4) is 0 Å². The topological polar surface area (TPSA) is 20.2 Å². The molecular weight excluding hydrogens is 136 g/mol. The molecule has 1 atom stereocenters. The van der Waals surface area contributed by atoms with Gasteiger partial charge in [-0.25, -0.2) is 0 Å². The average molecular weight is 154 g/mol. The summed E-state index contributed by atoms with van der Waals surface area (Å²) in [6.07, 6.45) is 8.87. The van der Waals surface area contributed by atoms with Crippen molar-refractivity contribution in [2.45, 2.75) is 44.6 Å². The maximum absolute atomic E-state index is 9.60. The Morgan fingerprint density at radius 2 is 2.00 bits per heavy atom. The molecule has 1 heteroatoms. The molecule has 1 aliphatic carbocycles. The van der Waals surface area contributed by atoms with E-state index < -0.39 is 0 Å². The summed E-state index contributed by atoms with van der Waals surface area (Å²) in [7, 11) is 0. The van der Waals surface area contributed by atoms with Gasteiger partial charge >= 0.3 is 0 Å². The standard InChI is InChI=1S/C10H18O/c1-2-6-10(11)9-7-4-3-5-8-9/h2,9-11H,1,3-8H2. The fourth-order valence-electron chi connectivity index (χ4n) is 1.88. The summed E-state index contributed by atoms with van der Waals surface area (Å²) < 4.78 is 0. The van der Waals surface area contributed by atoms with Crippen molar-refractivity contribution in [2.75, 3.05) is 0 Å². The third kappa shape index (κ3) is 2.66. The van der Waals surface area contributed by atoms with Gasteiger partial charge in [0, 0.05) is 0 Å². The lowest BCUT2D eigenvalue weighted by atomic mass is 9.84. The van der Waals surface area contributed by atoms with Crippen LogP contribution in [0, 0.1) is 5.92 Å². The van der Waals surface area contributed by atoms with E-state index >= 15 is 0 Å². The quantitative estimate of drug-likeness (QED) is 0.619. The molecule has 1 nitrogen and oxygen atoms in total. The highest BCUT2D eigenvalue weighted by molar-refractivity contribution is 4.79. The van der Waals surface area contributed by atoms with Gasteiger partial charge < -0.3 is 5.11 Å². The van der Waals surface area contributed by atoms with Crippen molar-refractivity contribution < 1.29 is 5.11 Å². The van der Waals surface area contributed by atoms with E-state index in [1.165, 1.54) is 32.1 Å². The van der Waals surface area contributed by atoms with Crippen LogP contribution in [0.4, 0.5) is 0 Å². The van der Waals surface area contributed by atoms with Crippen molar-refractivity contribution in [3.05, 3.63) is 12.7 Å². The summed E-state index contributed by atoms with van der Waals surface area (Å²) in [5, 5.41) is 9.60. The van der Waals surface area contributed by atoms with Crippen LogP contribution in [0.2, 0.25) is 0 Å². The largest absolute Gasteiger partial charge is 0.393 e. The van der Waals surface area contributed by atoms with Gasteiger partial charge in [0.15, 0.2) is 0 Å². The minimum atomic E-state index is -0.118. The van der Waals surface area contributed by atoms with Crippen LogP contribution in [0.25, 0.3) is 0 Å². The Labute approximate surface area is 69.1 Å². The van der Waals surface area contributed by atoms with E-state index in [-0.39, 0.29) is 6.10 Å². The van der Waals surface area contributed by atoms with Crippen molar-refractivity contribution in [3.63, 3.8) is 0 Å². The molecule has 0 aromatic heterocycles. The summed E-state index contributed by atoms with van der Waals surface area (Å²) in [6.45, 7) is 3.64. The third-order valence-corrected chi connectivity index (χ3v) is 2.60. The zero-order chi connectivity index (χ0) is 8.10. The minimum absolute atomic E-state index is 0.118. The maximum atomic E-state index is 9.60. The Morgan fingerprint density at radius 3 is 2.55 bits per heavy atom. The van der Waals surface area contributed by atoms with Gasteiger partial charge in [-0.2, -0.15) is 0 Å². The van der Waals surface area contributed by atoms with Gasteiger partial charge in [0.1, 0.15) is 0 Å². The Kier molecular flexibility index (Phi) is 3.64. The van der Waals surface area contributed by atoms with Gasteiger partial charge in [-0.15, -0.1) is 6.58 Å². The minimum Gasteiger partial charge on any atom is -0.393 e. The van der Waals surface area contributed by atoms with Crippen molar-refractivity contribution in [1.82, 2.24) is 0 Å². The lowest BCUT2D eigenvalue weighted by molar-refractivity contribution is 0.0874. The van der Waals surface area contributed by atoms with Gasteiger partial charge in [0.2, 0.25) is 0 Å². The van der Waals surface area contributed by atoms with Crippen molar-refractivity contribution >= 4 is 0 Å². The van der Waals surface area contributed by atoms with Gasteiger partial charge in [0.05, 0.1) is 6.10 Å². The molecule has 1 unspecified atom stereocenters. The van der Waals surface area contributed by atoms with E-state index in [4.69, 9.17) is 0 Å². The molecule has 0 spiro atoms. The molecule has 0 heterocycles. The molecule has 1 aliphatic rings. The Hall–Kier alpha value is -0.300. The second-order valence-electron chi connectivity index (χ2n) is 3.49. The van der Waals surface area contributed by atoms with Crippen LogP contribution in [0.15, 0.2) is 12.7 Å². The Balaban J connectivity index is 2.26. The summed E-state index contributed by atoms with van der Waals surface area (Å²) in [6, 6.07) is 0. The number of rotatable bonds is 3. The molecule has 1 N–H and O–H groups in total. The van der Waals surface area contributed by atoms with Crippen LogP contribution in [-0.4, -0.2) is 11.2 Å². The normalized spacial score (nSPS) is 23.0. The monoisotopic (exact) mass is 154 g/mol. The molecule has 0 aromatic carbocycles. The number of aliphatic hydroxyl groups is 1. The third-order valence-electron chi connectivity index (χ3n) is 2.60. The number of hydrogen-bond donors (Lipinski definition) is 1. The molecule has 0 amide bonds. The zero-order valence-electron chi connectivity index (χ0n) is 7.13. The van der Waals surface area contributed by atoms with Crippen LogP contribution >= 0.6 is 0 Å². The molecule has 0 saturated heterocycles. The summed E-state index contributed by atoms with van der Waals surface area (Å²) in [5.74, 6) is 0.557. The van der Waals surface area contributed by atoms with Crippen LogP contribution < -0.4 is 0 Å². The zero-order valence-corrected chi connectivity index (χ0v) is 7.13. The van der Waals surface area contributed by atoms with Crippen molar-refractivity contribution in [2.24, 2.45) is 5.92 Å². The second-order valence-corrected chi connectivity index (χ2v) is 3.49. The highest BCUT2D eigenvalue weighted by Gasteiger charge is 2.19. The molecule has 64 valence electrons. The summed E-state index contributed by atoms with van der Waals surface area (Å²) in [4.78, 5) is 0. The fraction of sp³-hybridized carbons (Fsp3) is 0.800. The van der Waals surface area contributed by atoms with E-state index in [2.05, 4.69) is 6.58 Å². The highest BCUT2D eigenvalue weighted by Crippen LogP contribution is 2.27. The summed E-state index contributed by atoms with van der Waals surface area (Å²) in [5.41, 5.74) is 0. The van der Waals surface area contributed by atoms with Crippen LogP contribution in [0.5, 0.6) is 0 Å². The van der Waals surface area contributed by atoms with E-state index in [1.807, 2.05) is 6.08 Å². The van der Waals surface area contributed by atoms with Crippen LogP contribution in [0.3, 0.4) is 0 Å². The first-order chi connectivity index (χ1) is 5.34. The van der Waals surface area contributed by atoms with Gasteiger partial charge in [-0.1, -0.05) is 25.3 Å². The molecule has 0 aromatic rings. The fourth-order valence-corrected chi connectivity index (χ4v) is 1.88. The van der Waals surface area contributed by atoms with Gasteiger partial charge in [0.25, 0.3) is 0 Å². The Bertz CT molecular complexity index is 114. The smallest absolute Gasteiger partial charge is 0.0602 e.